The first-order valence-corrected chi connectivity index (χ1v) is 11.0. The second kappa shape index (κ2) is 7.70. The van der Waals surface area contributed by atoms with Gasteiger partial charge in [0.2, 0.25) is 0 Å². The predicted molar refractivity (Wildman–Crippen MR) is 120 cm³/mol. The number of thiophene rings is 1. The molecule has 4 heterocycles. The lowest BCUT2D eigenvalue weighted by atomic mass is 10.0. The van der Waals surface area contributed by atoms with Crippen molar-refractivity contribution in [2.45, 2.75) is 18.9 Å². The zero-order chi connectivity index (χ0) is 20.7. The summed E-state index contributed by atoms with van der Waals surface area (Å²) in [6.07, 6.45) is 3.90. The molecule has 1 aliphatic heterocycles. The maximum atomic E-state index is 13.3. The van der Waals surface area contributed by atoms with Crippen molar-refractivity contribution in [2.24, 2.45) is 0 Å². The number of ether oxygens (including phenoxy) is 1. The molecule has 1 aliphatic rings. The van der Waals surface area contributed by atoms with Crippen LogP contribution in [0.1, 0.15) is 23.2 Å². The maximum absolute atomic E-state index is 13.3. The fourth-order valence-corrected chi connectivity index (χ4v) is 5.17. The largest absolute Gasteiger partial charge is 0.460 e. The van der Waals surface area contributed by atoms with Gasteiger partial charge in [-0.1, -0.05) is 30.3 Å². The number of esters is 1. The van der Waals surface area contributed by atoms with E-state index in [0.29, 0.717) is 23.3 Å². The molecule has 1 atom stereocenters. The zero-order valence-corrected chi connectivity index (χ0v) is 17.5. The van der Waals surface area contributed by atoms with Crippen molar-refractivity contribution >= 4 is 32.9 Å². The summed E-state index contributed by atoms with van der Waals surface area (Å²) in [7, 11) is 2.06. The molecule has 0 N–H and O–H groups in total. The van der Waals surface area contributed by atoms with Crippen molar-refractivity contribution in [1.82, 2.24) is 9.30 Å². The highest BCUT2D eigenvalue weighted by atomic mass is 32.1. The number of fused-ring (bicyclic) bond motifs is 3. The molecular formula is C24H22N2O3S. The molecule has 1 fully saturated rings. The van der Waals surface area contributed by atoms with Crippen molar-refractivity contribution < 1.29 is 9.53 Å². The minimum atomic E-state index is -0.383. The highest BCUT2D eigenvalue weighted by molar-refractivity contribution is 7.18. The summed E-state index contributed by atoms with van der Waals surface area (Å²) in [5, 5.41) is 2.99. The number of rotatable bonds is 4. The van der Waals surface area contributed by atoms with E-state index in [4.69, 9.17) is 4.74 Å². The van der Waals surface area contributed by atoms with Crippen molar-refractivity contribution in [3.63, 3.8) is 0 Å². The number of likely N-dealkylation sites (N-methyl/N-ethyl adjacent to an activating group) is 1. The van der Waals surface area contributed by atoms with Crippen LogP contribution >= 0.6 is 11.3 Å². The molecule has 5 nitrogen and oxygen atoms in total. The molecule has 3 aromatic heterocycles. The van der Waals surface area contributed by atoms with Gasteiger partial charge in [-0.15, -0.1) is 11.3 Å². The number of hydrogen-bond acceptors (Lipinski definition) is 5. The summed E-state index contributed by atoms with van der Waals surface area (Å²) in [6.45, 7) is 1.39. The maximum Gasteiger partial charge on any atom is 0.340 e. The van der Waals surface area contributed by atoms with Crippen molar-refractivity contribution in [1.29, 1.82) is 0 Å². The van der Waals surface area contributed by atoms with Crippen molar-refractivity contribution in [3.05, 3.63) is 76.0 Å². The third kappa shape index (κ3) is 3.22. The van der Waals surface area contributed by atoms with E-state index in [1.54, 1.807) is 16.7 Å². The molecule has 0 aliphatic carbocycles. The molecule has 1 saturated heterocycles. The molecule has 30 heavy (non-hydrogen) atoms. The van der Waals surface area contributed by atoms with E-state index in [1.165, 1.54) is 11.3 Å². The van der Waals surface area contributed by atoms with Crippen LogP contribution in [-0.2, 0) is 4.74 Å². The van der Waals surface area contributed by atoms with Crippen molar-refractivity contribution in [3.8, 4) is 11.1 Å². The quantitative estimate of drug-likeness (QED) is 0.460. The monoisotopic (exact) mass is 418 g/mol. The number of carbonyl (C=O) groups is 1. The Balaban J connectivity index is 1.66. The van der Waals surface area contributed by atoms with Crippen LogP contribution in [0.2, 0.25) is 0 Å². The minimum absolute atomic E-state index is 0.140. The second-order valence-corrected chi connectivity index (χ2v) is 8.67. The van der Waals surface area contributed by atoms with Gasteiger partial charge in [-0.2, -0.15) is 0 Å². The number of benzene rings is 1. The SMILES string of the molecule is CN1CCC[C@H]1COC(=O)c1cc(-c2ccccc2)c(=O)n2ccc3ccsc3c12. The van der Waals surface area contributed by atoms with Crippen LogP contribution in [0, 0.1) is 0 Å². The molecule has 0 unspecified atom stereocenters. The molecule has 0 bridgehead atoms. The molecule has 0 spiro atoms. The predicted octanol–water partition coefficient (Wildman–Crippen LogP) is 4.43. The van der Waals surface area contributed by atoms with Crippen LogP contribution in [0.3, 0.4) is 0 Å². The average Bonchev–Trinajstić information content (AvgIpc) is 3.41. The topological polar surface area (TPSA) is 51.0 Å². The molecule has 5 rings (SSSR count). The van der Waals surface area contributed by atoms with Gasteiger partial charge in [0.25, 0.3) is 5.56 Å². The van der Waals surface area contributed by atoms with E-state index in [1.807, 2.05) is 47.8 Å². The van der Waals surface area contributed by atoms with Gasteiger partial charge >= 0.3 is 5.97 Å². The van der Waals surface area contributed by atoms with E-state index in [-0.39, 0.29) is 17.6 Å². The van der Waals surface area contributed by atoms with Gasteiger partial charge in [0.1, 0.15) is 6.61 Å². The van der Waals surface area contributed by atoms with E-state index < -0.39 is 0 Å². The number of nitrogens with zero attached hydrogens (tertiary/aromatic N) is 2. The Bertz CT molecular complexity index is 1290. The third-order valence-corrected chi connectivity index (χ3v) is 6.87. The number of carbonyl (C=O) groups excluding carboxylic acids is 1. The molecular weight excluding hydrogens is 396 g/mol. The molecule has 4 aromatic rings. The van der Waals surface area contributed by atoms with Gasteiger partial charge in [-0.25, -0.2) is 4.79 Å². The smallest absolute Gasteiger partial charge is 0.340 e. The number of pyridine rings is 2. The van der Waals surface area contributed by atoms with Gasteiger partial charge in [0, 0.05) is 17.8 Å². The van der Waals surface area contributed by atoms with Crippen LogP contribution in [0.15, 0.2) is 64.9 Å². The van der Waals surface area contributed by atoms with Crippen LogP contribution < -0.4 is 5.56 Å². The summed E-state index contributed by atoms with van der Waals surface area (Å²) in [4.78, 5) is 28.7. The van der Waals surface area contributed by atoms with E-state index in [9.17, 15) is 9.59 Å². The first kappa shape index (κ1) is 19.0. The van der Waals surface area contributed by atoms with Gasteiger partial charge in [-0.05, 0) is 61.0 Å². The van der Waals surface area contributed by atoms with E-state index >= 15 is 0 Å². The average molecular weight is 419 g/mol. The fraction of sp³-hybridized carbons (Fsp3) is 0.250. The number of hydrogen-bond donors (Lipinski definition) is 0. The lowest BCUT2D eigenvalue weighted by molar-refractivity contribution is 0.0418. The highest BCUT2D eigenvalue weighted by Gasteiger charge is 2.24. The van der Waals surface area contributed by atoms with Gasteiger partial charge in [0.05, 0.1) is 15.8 Å². The summed E-state index contributed by atoms with van der Waals surface area (Å²) in [5.41, 5.74) is 2.19. The summed E-state index contributed by atoms with van der Waals surface area (Å²) >= 11 is 1.53. The lowest BCUT2D eigenvalue weighted by Crippen LogP contribution is -2.30. The Labute approximate surface area is 178 Å². The Morgan fingerprint density at radius 1 is 1.20 bits per heavy atom. The van der Waals surface area contributed by atoms with Gasteiger partial charge in [-0.3, -0.25) is 9.20 Å². The number of aromatic nitrogens is 1. The molecule has 0 radical (unpaired) electrons. The summed E-state index contributed by atoms with van der Waals surface area (Å²) in [6, 6.07) is 15.3. The fourth-order valence-electron chi connectivity index (χ4n) is 4.23. The van der Waals surface area contributed by atoms with Crippen LogP contribution in [0.25, 0.3) is 26.7 Å². The van der Waals surface area contributed by atoms with Crippen LogP contribution in [-0.4, -0.2) is 41.5 Å². The van der Waals surface area contributed by atoms with Crippen LogP contribution in [0.5, 0.6) is 0 Å². The Morgan fingerprint density at radius 3 is 2.80 bits per heavy atom. The first-order chi connectivity index (χ1) is 14.6. The molecule has 152 valence electrons. The van der Waals surface area contributed by atoms with Gasteiger partial charge in [0.15, 0.2) is 0 Å². The Kier molecular flexibility index (Phi) is 4.89. The van der Waals surface area contributed by atoms with E-state index in [2.05, 4.69) is 11.9 Å². The summed E-state index contributed by atoms with van der Waals surface area (Å²) in [5.74, 6) is -0.383. The molecule has 6 heteroatoms. The number of likely N-dealkylation sites (tertiary alicyclic amines) is 1. The standard InChI is InChI=1S/C24H22N2O3S/c1-25-11-5-8-18(25)15-29-24(28)20-14-19(16-6-3-2-4-7-16)23(27)26-12-9-17-10-13-30-22(17)21(20)26/h2-4,6-7,9-10,12-14,18H,5,8,11,15H2,1H3/t18-/m0/s1. The molecule has 1 aromatic carbocycles. The molecule has 0 amide bonds. The van der Waals surface area contributed by atoms with Crippen LogP contribution in [0.4, 0.5) is 0 Å². The van der Waals surface area contributed by atoms with Gasteiger partial charge < -0.3 is 9.64 Å². The zero-order valence-electron chi connectivity index (χ0n) is 16.7. The molecule has 0 saturated carbocycles. The Morgan fingerprint density at radius 2 is 2.03 bits per heavy atom. The summed E-state index contributed by atoms with van der Waals surface area (Å²) < 4.78 is 8.25. The second-order valence-electron chi connectivity index (χ2n) is 7.76. The lowest BCUT2D eigenvalue weighted by Gasteiger charge is -2.19. The Hall–Kier alpha value is -2.96. The highest BCUT2D eigenvalue weighted by Crippen LogP contribution is 2.30. The van der Waals surface area contributed by atoms with Crippen molar-refractivity contribution in [2.75, 3.05) is 20.2 Å². The van der Waals surface area contributed by atoms with E-state index in [0.717, 1.165) is 35.0 Å². The minimum Gasteiger partial charge on any atom is -0.460 e. The third-order valence-electron chi connectivity index (χ3n) is 5.93. The first-order valence-electron chi connectivity index (χ1n) is 10.1. The normalized spacial score (nSPS) is 17.0.